The van der Waals surface area contributed by atoms with Gasteiger partial charge in [0.15, 0.2) is 11.5 Å². The molecule has 0 aromatic heterocycles. The first-order chi connectivity index (χ1) is 12.6. The van der Waals surface area contributed by atoms with E-state index >= 15 is 0 Å². The third-order valence-electron chi connectivity index (χ3n) is 5.04. The normalized spacial score (nSPS) is 14.4. The molecule has 0 atom stereocenters. The van der Waals surface area contributed by atoms with Gasteiger partial charge in [-0.1, -0.05) is 36.4 Å². The smallest absolute Gasteiger partial charge is 0.317 e. The van der Waals surface area contributed by atoms with Gasteiger partial charge in [-0.25, -0.2) is 4.79 Å². The van der Waals surface area contributed by atoms with Crippen LogP contribution in [0.15, 0.2) is 48.5 Å². The molecule has 2 amide bonds. The van der Waals surface area contributed by atoms with Gasteiger partial charge in [0.25, 0.3) is 0 Å². The minimum absolute atomic E-state index is 0.00278. The molecule has 0 spiro atoms. The van der Waals surface area contributed by atoms with Crippen molar-refractivity contribution in [1.29, 1.82) is 0 Å². The number of urea groups is 1. The minimum Gasteiger partial charge on any atom is -0.493 e. The van der Waals surface area contributed by atoms with Crippen molar-refractivity contribution in [2.75, 3.05) is 27.8 Å². The number of nitrogens with zero attached hydrogens (tertiary/aromatic N) is 1. The van der Waals surface area contributed by atoms with Crippen LogP contribution >= 0.6 is 0 Å². The maximum atomic E-state index is 12.4. The number of rotatable bonds is 7. The van der Waals surface area contributed by atoms with Crippen molar-refractivity contribution >= 4 is 6.03 Å². The number of hydrogen-bond acceptors (Lipinski definition) is 3. The number of carbonyl (C=O) groups is 1. The van der Waals surface area contributed by atoms with E-state index in [-0.39, 0.29) is 11.4 Å². The van der Waals surface area contributed by atoms with Gasteiger partial charge in [0.05, 0.1) is 14.2 Å². The van der Waals surface area contributed by atoms with Gasteiger partial charge in [0, 0.05) is 25.6 Å². The second kappa shape index (κ2) is 7.68. The zero-order valence-corrected chi connectivity index (χ0v) is 15.6. The summed E-state index contributed by atoms with van der Waals surface area (Å²) in [5.74, 6) is 1.45. The summed E-state index contributed by atoms with van der Waals surface area (Å²) in [6.07, 6.45) is 2.12. The van der Waals surface area contributed by atoms with E-state index in [1.807, 2.05) is 49.5 Å². The van der Waals surface area contributed by atoms with Crippen molar-refractivity contribution in [2.24, 2.45) is 0 Å². The Morgan fingerprint density at radius 2 is 1.77 bits per heavy atom. The van der Waals surface area contributed by atoms with Gasteiger partial charge in [0.1, 0.15) is 0 Å². The molecule has 138 valence electrons. The Labute approximate surface area is 154 Å². The Morgan fingerprint density at radius 1 is 1.08 bits per heavy atom. The van der Waals surface area contributed by atoms with Crippen LogP contribution in [0.25, 0.3) is 0 Å². The van der Waals surface area contributed by atoms with Crippen molar-refractivity contribution in [3.63, 3.8) is 0 Å². The van der Waals surface area contributed by atoms with Crippen LogP contribution in [0.3, 0.4) is 0 Å². The van der Waals surface area contributed by atoms with E-state index in [0.717, 1.165) is 29.9 Å². The Bertz CT molecular complexity index is 757. The second-order valence-corrected chi connectivity index (χ2v) is 6.85. The predicted octanol–water partition coefficient (Wildman–Crippen LogP) is 3.58. The first-order valence-electron chi connectivity index (χ1n) is 8.83. The molecule has 0 radical (unpaired) electrons. The van der Waals surface area contributed by atoms with E-state index in [2.05, 4.69) is 11.4 Å². The topological polar surface area (TPSA) is 50.8 Å². The summed E-state index contributed by atoms with van der Waals surface area (Å²) >= 11 is 0. The van der Waals surface area contributed by atoms with Crippen LogP contribution in [0.2, 0.25) is 0 Å². The zero-order valence-electron chi connectivity index (χ0n) is 15.6. The Hall–Kier alpha value is -2.69. The summed E-state index contributed by atoms with van der Waals surface area (Å²) in [5.41, 5.74) is 2.30. The number of nitrogens with one attached hydrogen (secondary N) is 1. The molecule has 0 unspecified atom stereocenters. The standard InChI is InChI=1S/C21H26N2O3/c1-23(14-16-7-5-4-6-8-16)20(24)22-15-21(11-12-21)17-9-10-18(25-2)19(13-17)26-3/h4-10,13H,11-12,14-15H2,1-3H3,(H,22,24). The van der Waals surface area contributed by atoms with Gasteiger partial charge in [0.2, 0.25) is 0 Å². The van der Waals surface area contributed by atoms with Crippen LogP contribution in [-0.4, -0.2) is 38.7 Å². The monoisotopic (exact) mass is 354 g/mol. The molecule has 0 aliphatic heterocycles. The highest BCUT2D eigenvalue weighted by Gasteiger charge is 2.44. The fourth-order valence-electron chi connectivity index (χ4n) is 3.19. The van der Waals surface area contributed by atoms with Crippen LogP contribution in [-0.2, 0) is 12.0 Å². The lowest BCUT2D eigenvalue weighted by atomic mass is 9.95. The SMILES string of the molecule is COc1ccc(C2(CNC(=O)N(C)Cc3ccccc3)CC2)cc1OC. The molecule has 1 aliphatic carbocycles. The third-order valence-corrected chi connectivity index (χ3v) is 5.04. The second-order valence-electron chi connectivity index (χ2n) is 6.85. The van der Waals surface area contributed by atoms with Gasteiger partial charge in [-0.2, -0.15) is 0 Å². The van der Waals surface area contributed by atoms with E-state index in [1.165, 1.54) is 5.56 Å². The molecule has 1 aliphatic rings. The fourth-order valence-corrected chi connectivity index (χ4v) is 3.19. The number of methoxy groups -OCH3 is 2. The van der Waals surface area contributed by atoms with Crippen LogP contribution in [0.4, 0.5) is 4.79 Å². The molecule has 0 saturated heterocycles. The van der Waals surface area contributed by atoms with Gasteiger partial charge >= 0.3 is 6.03 Å². The van der Waals surface area contributed by atoms with Gasteiger partial charge in [-0.15, -0.1) is 0 Å². The van der Waals surface area contributed by atoms with E-state index in [0.29, 0.717) is 13.1 Å². The Balaban J connectivity index is 1.61. The van der Waals surface area contributed by atoms with Crippen molar-refractivity contribution in [3.8, 4) is 11.5 Å². The third kappa shape index (κ3) is 3.93. The lowest BCUT2D eigenvalue weighted by Crippen LogP contribution is -2.40. The fraction of sp³-hybridized carbons (Fsp3) is 0.381. The molecule has 3 rings (SSSR count). The summed E-state index contributed by atoms with van der Waals surface area (Å²) in [7, 11) is 5.09. The van der Waals surface area contributed by atoms with Crippen LogP contribution in [0.1, 0.15) is 24.0 Å². The van der Waals surface area contributed by atoms with Gasteiger partial charge in [-0.05, 0) is 36.1 Å². The number of hydrogen-bond donors (Lipinski definition) is 1. The number of benzene rings is 2. The maximum absolute atomic E-state index is 12.4. The average molecular weight is 354 g/mol. The molecule has 5 heteroatoms. The van der Waals surface area contributed by atoms with E-state index < -0.39 is 0 Å². The number of amides is 2. The summed E-state index contributed by atoms with van der Waals surface area (Å²) in [4.78, 5) is 14.2. The predicted molar refractivity (Wildman–Crippen MR) is 102 cm³/mol. The molecule has 0 bridgehead atoms. The maximum Gasteiger partial charge on any atom is 0.317 e. The summed E-state index contributed by atoms with van der Waals surface area (Å²) in [5, 5.41) is 3.08. The first-order valence-corrected chi connectivity index (χ1v) is 8.83. The summed E-state index contributed by atoms with van der Waals surface area (Å²) < 4.78 is 10.7. The molecule has 26 heavy (non-hydrogen) atoms. The molecule has 0 heterocycles. The molecule has 1 fully saturated rings. The van der Waals surface area contributed by atoms with E-state index in [4.69, 9.17) is 9.47 Å². The van der Waals surface area contributed by atoms with Crippen LogP contribution in [0, 0.1) is 0 Å². The van der Waals surface area contributed by atoms with Gasteiger partial charge in [-0.3, -0.25) is 0 Å². The average Bonchev–Trinajstić information content (AvgIpc) is 3.47. The van der Waals surface area contributed by atoms with Crippen molar-refractivity contribution in [3.05, 3.63) is 59.7 Å². The van der Waals surface area contributed by atoms with Crippen LogP contribution < -0.4 is 14.8 Å². The first kappa shape index (κ1) is 18.1. The highest BCUT2D eigenvalue weighted by molar-refractivity contribution is 5.74. The van der Waals surface area contributed by atoms with Gasteiger partial charge < -0.3 is 19.7 Å². The largest absolute Gasteiger partial charge is 0.493 e. The molecule has 2 aromatic rings. The molecule has 1 saturated carbocycles. The Morgan fingerprint density at radius 3 is 2.38 bits per heavy atom. The van der Waals surface area contributed by atoms with Crippen LogP contribution in [0.5, 0.6) is 11.5 Å². The number of carbonyl (C=O) groups excluding carboxylic acids is 1. The lowest BCUT2D eigenvalue weighted by molar-refractivity contribution is 0.206. The molecular formula is C21H26N2O3. The molecule has 5 nitrogen and oxygen atoms in total. The highest BCUT2D eigenvalue weighted by Crippen LogP contribution is 2.49. The lowest BCUT2D eigenvalue weighted by Gasteiger charge is -2.22. The molecule has 2 aromatic carbocycles. The summed E-state index contributed by atoms with van der Waals surface area (Å²) in [6, 6.07) is 15.9. The zero-order chi connectivity index (χ0) is 18.6. The Kier molecular flexibility index (Phi) is 5.35. The van der Waals surface area contributed by atoms with Crippen molar-refractivity contribution in [1.82, 2.24) is 10.2 Å². The van der Waals surface area contributed by atoms with E-state index in [9.17, 15) is 4.79 Å². The molecule has 1 N–H and O–H groups in total. The quantitative estimate of drug-likeness (QED) is 0.827. The number of ether oxygens (including phenoxy) is 2. The van der Waals surface area contributed by atoms with Crippen molar-refractivity contribution < 1.29 is 14.3 Å². The van der Waals surface area contributed by atoms with Crippen molar-refractivity contribution in [2.45, 2.75) is 24.8 Å². The highest BCUT2D eigenvalue weighted by atomic mass is 16.5. The van der Waals surface area contributed by atoms with E-state index in [1.54, 1.807) is 19.1 Å². The summed E-state index contributed by atoms with van der Waals surface area (Å²) in [6.45, 7) is 1.22. The molecular weight excluding hydrogens is 328 g/mol. The minimum atomic E-state index is -0.0550.